The predicted molar refractivity (Wildman–Crippen MR) is 109 cm³/mol. The molecule has 1 aromatic heterocycles. The summed E-state index contributed by atoms with van der Waals surface area (Å²) in [7, 11) is 3.07. The summed E-state index contributed by atoms with van der Waals surface area (Å²) >= 11 is 0. The lowest BCUT2D eigenvalue weighted by atomic mass is 9.93. The molecule has 138 valence electrons. The minimum absolute atomic E-state index is 0.0527. The molecule has 6 heteroatoms. The van der Waals surface area contributed by atoms with E-state index in [0.717, 1.165) is 10.8 Å². The Kier molecular flexibility index (Phi) is 4.13. The van der Waals surface area contributed by atoms with Gasteiger partial charge in [0.1, 0.15) is 23.2 Å². The van der Waals surface area contributed by atoms with Crippen molar-refractivity contribution in [3.63, 3.8) is 0 Å². The Bertz CT molecular complexity index is 1280. The van der Waals surface area contributed by atoms with Gasteiger partial charge in [0.05, 0.1) is 19.7 Å². The number of aromatic hydroxyl groups is 1. The Hall–Kier alpha value is -3.98. The van der Waals surface area contributed by atoms with E-state index in [9.17, 15) is 10.4 Å². The quantitative estimate of drug-likeness (QED) is 0.559. The molecule has 0 saturated heterocycles. The smallest absolute Gasteiger partial charge is 0.162 e. The molecule has 28 heavy (non-hydrogen) atoms. The molecule has 0 aliphatic carbocycles. The lowest BCUT2D eigenvalue weighted by Crippen LogP contribution is -2.01. The minimum atomic E-state index is 0.0527. The van der Waals surface area contributed by atoms with Crippen LogP contribution in [0.25, 0.3) is 32.8 Å². The second-order valence-electron chi connectivity index (χ2n) is 6.30. The first-order valence-electron chi connectivity index (χ1n) is 8.54. The number of aromatic nitrogens is 1. The third-order valence-electron chi connectivity index (χ3n) is 4.76. The monoisotopic (exact) mass is 371 g/mol. The second kappa shape index (κ2) is 6.63. The van der Waals surface area contributed by atoms with Crippen LogP contribution in [0.4, 0.5) is 5.82 Å². The molecule has 4 aromatic rings. The van der Waals surface area contributed by atoms with Gasteiger partial charge in [-0.2, -0.15) is 5.26 Å². The fourth-order valence-electron chi connectivity index (χ4n) is 3.43. The van der Waals surface area contributed by atoms with Crippen LogP contribution in [-0.4, -0.2) is 24.3 Å². The standard InChI is InChI=1S/C22H17N3O3/c1-27-19-9-14-17(10-20(19)28-2)25-22(24)16(11-23)21(14)15-7-12-5-3-4-6-13(12)8-18(15)26/h3-10,26H,1-2H3,(H2,24,25). The molecule has 0 unspecified atom stereocenters. The number of nitriles is 1. The van der Waals surface area contributed by atoms with Gasteiger partial charge in [-0.15, -0.1) is 0 Å². The van der Waals surface area contributed by atoms with Crippen molar-refractivity contribution in [3.05, 3.63) is 54.1 Å². The van der Waals surface area contributed by atoms with Crippen molar-refractivity contribution < 1.29 is 14.6 Å². The Balaban J connectivity index is 2.16. The molecule has 0 saturated carbocycles. The molecule has 1 heterocycles. The number of rotatable bonds is 3. The van der Waals surface area contributed by atoms with Crippen LogP contribution in [0.1, 0.15) is 5.56 Å². The first kappa shape index (κ1) is 17.4. The van der Waals surface area contributed by atoms with Crippen molar-refractivity contribution in [1.29, 1.82) is 5.26 Å². The van der Waals surface area contributed by atoms with Crippen LogP contribution in [0.3, 0.4) is 0 Å². The van der Waals surface area contributed by atoms with Crippen LogP contribution >= 0.6 is 0 Å². The number of hydrogen-bond donors (Lipinski definition) is 2. The number of hydrogen-bond acceptors (Lipinski definition) is 6. The highest BCUT2D eigenvalue weighted by Crippen LogP contribution is 2.43. The lowest BCUT2D eigenvalue weighted by molar-refractivity contribution is 0.356. The molecule has 0 atom stereocenters. The van der Waals surface area contributed by atoms with Crippen molar-refractivity contribution in [1.82, 2.24) is 4.98 Å². The number of benzene rings is 3. The van der Waals surface area contributed by atoms with Gasteiger partial charge in [0, 0.05) is 22.6 Å². The zero-order valence-corrected chi connectivity index (χ0v) is 15.4. The average Bonchev–Trinajstić information content (AvgIpc) is 2.71. The van der Waals surface area contributed by atoms with Crippen molar-refractivity contribution in [3.8, 4) is 34.4 Å². The van der Waals surface area contributed by atoms with E-state index in [4.69, 9.17) is 15.2 Å². The molecule has 0 fully saturated rings. The van der Waals surface area contributed by atoms with E-state index in [0.29, 0.717) is 33.5 Å². The van der Waals surface area contributed by atoms with E-state index in [1.807, 2.05) is 30.3 Å². The maximum atomic E-state index is 10.7. The maximum Gasteiger partial charge on any atom is 0.162 e. The number of ether oxygens (including phenoxy) is 2. The Morgan fingerprint density at radius 3 is 2.29 bits per heavy atom. The maximum absolute atomic E-state index is 10.7. The summed E-state index contributed by atoms with van der Waals surface area (Å²) in [4.78, 5) is 4.35. The summed E-state index contributed by atoms with van der Waals surface area (Å²) in [5.41, 5.74) is 7.82. The number of phenols is 1. The predicted octanol–water partition coefficient (Wildman–Crippen LogP) is 4.23. The summed E-state index contributed by atoms with van der Waals surface area (Å²) in [6.45, 7) is 0. The van der Waals surface area contributed by atoms with Crippen molar-refractivity contribution in [2.75, 3.05) is 20.0 Å². The van der Waals surface area contributed by atoms with E-state index in [-0.39, 0.29) is 17.1 Å². The van der Waals surface area contributed by atoms with E-state index in [1.54, 1.807) is 18.2 Å². The van der Waals surface area contributed by atoms with Crippen molar-refractivity contribution in [2.45, 2.75) is 0 Å². The summed E-state index contributed by atoms with van der Waals surface area (Å²) in [5, 5.41) is 22.9. The zero-order valence-electron chi connectivity index (χ0n) is 15.4. The zero-order chi connectivity index (χ0) is 19.8. The minimum Gasteiger partial charge on any atom is -0.507 e. The van der Waals surface area contributed by atoms with Gasteiger partial charge in [0.2, 0.25) is 0 Å². The van der Waals surface area contributed by atoms with Gasteiger partial charge in [-0.1, -0.05) is 24.3 Å². The second-order valence-corrected chi connectivity index (χ2v) is 6.30. The van der Waals surface area contributed by atoms with Gasteiger partial charge < -0.3 is 20.3 Å². The third kappa shape index (κ3) is 2.61. The third-order valence-corrected chi connectivity index (χ3v) is 4.76. The fourth-order valence-corrected chi connectivity index (χ4v) is 3.43. The lowest BCUT2D eigenvalue weighted by Gasteiger charge is -2.15. The number of anilines is 1. The molecule has 0 radical (unpaired) electrons. The number of fused-ring (bicyclic) bond motifs is 2. The molecular formula is C22H17N3O3. The fraction of sp³-hybridized carbons (Fsp3) is 0.0909. The molecule has 3 N–H and O–H groups in total. The highest BCUT2D eigenvalue weighted by molar-refractivity contribution is 6.04. The SMILES string of the molecule is COc1cc2nc(N)c(C#N)c(-c3cc4ccccc4cc3O)c2cc1OC. The van der Waals surface area contributed by atoms with Gasteiger partial charge in [0.25, 0.3) is 0 Å². The molecule has 0 amide bonds. The number of nitrogen functional groups attached to an aromatic ring is 1. The number of nitrogens with two attached hydrogens (primary N) is 1. The van der Waals surface area contributed by atoms with E-state index < -0.39 is 0 Å². The van der Waals surface area contributed by atoms with Crippen LogP contribution in [0, 0.1) is 11.3 Å². The summed E-state index contributed by atoms with van der Waals surface area (Å²) in [6.07, 6.45) is 0. The van der Waals surface area contributed by atoms with Gasteiger partial charge >= 0.3 is 0 Å². The van der Waals surface area contributed by atoms with Crippen LogP contribution in [-0.2, 0) is 0 Å². The normalized spacial score (nSPS) is 10.8. The Morgan fingerprint density at radius 2 is 1.64 bits per heavy atom. The van der Waals surface area contributed by atoms with E-state index >= 15 is 0 Å². The van der Waals surface area contributed by atoms with Crippen LogP contribution < -0.4 is 15.2 Å². The number of phenolic OH excluding ortho intramolecular Hbond substituents is 1. The topological polar surface area (TPSA) is 101 Å². The Labute approximate surface area is 161 Å². The van der Waals surface area contributed by atoms with Gasteiger partial charge in [-0.25, -0.2) is 4.98 Å². The average molecular weight is 371 g/mol. The van der Waals surface area contributed by atoms with Crippen molar-refractivity contribution in [2.24, 2.45) is 0 Å². The molecule has 3 aromatic carbocycles. The first-order chi connectivity index (χ1) is 13.6. The molecule has 0 bridgehead atoms. The van der Waals surface area contributed by atoms with Gasteiger partial charge in [-0.05, 0) is 29.0 Å². The summed E-state index contributed by atoms with van der Waals surface area (Å²) in [5.74, 6) is 1.13. The molecular weight excluding hydrogens is 354 g/mol. The summed E-state index contributed by atoms with van der Waals surface area (Å²) in [6, 6.07) is 16.8. The van der Waals surface area contributed by atoms with E-state index in [1.165, 1.54) is 14.2 Å². The highest BCUT2D eigenvalue weighted by atomic mass is 16.5. The first-order valence-corrected chi connectivity index (χ1v) is 8.54. The molecule has 0 aliphatic rings. The van der Waals surface area contributed by atoms with Crippen LogP contribution in [0.15, 0.2) is 48.5 Å². The van der Waals surface area contributed by atoms with Crippen LogP contribution in [0.5, 0.6) is 17.2 Å². The largest absolute Gasteiger partial charge is 0.507 e. The van der Waals surface area contributed by atoms with Gasteiger partial charge in [0.15, 0.2) is 11.5 Å². The number of nitrogens with zero attached hydrogens (tertiary/aromatic N) is 2. The van der Waals surface area contributed by atoms with Crippen LogP contribution in [0.2, 0.25) is 0 Å². The molecule has 0 aliphatic heterocycles. The highest BCUT2D eigenvalue weighted by Gasteiger charge is 2.20. The molecule has 0 spiro atoms. The van der Waals surface area contributed by atoms with Crippen molar-refractivity contribution >= 4 is 27.5 Å². The molecule has 4 rings (SSSR count). The van der Waals surface area contributed by atoms with Gasteiger partial charge in [-0.3, -0.25) is 0 Å². The summed E-state index contributed by atoms with van der Waals surface area (Å²) < 4.78 is 10.8. The number of methoxy groups -OCH3 is 2. The molecule has 6 nitrogen and oxygen atoms in total. The van der Waals surface area contributed by atoms with E-state index in [2.05, 4.69) is 11.1 Å². The number of pyridine rings is 1. The Morgan fingerprint density at radius 1 is 1.00 bits per heavy atom.